The summed E-state index contributed by atoms with van der Waals surface area (Å²) in [7, 11) is 0. The summed E-state index contributed by atoms with van der Waals surface area (Å²) in [5.41, 5.74) is 5.65. The highest BCUT2D eigenvalue weighted by Crippen LogP contribution is 2.40. The highest BCUT2D eigenvalue weighted by Gasteiger charge is 2.37. The van der Waals surface area contributed by atoms with Gasteiger partial charge in [0.2, 0.25) is 0 Å². The summed E-state index contributed by atoms with van der Waals surface area (Å²) in [6, 6.07) is 9.42. The van der Waals surface area contributed by atoms with E-state index >= 15 is 0 Å². The molecule has 0 radical (unpaired) electrons. The van der Waals surface area contributed by atoms with E-state index in [1.165, 1.54) is 17.5 Å². The van der Waals surface area contributed by atoms with Gasteiger partial charge in [-0.25, -0.2) is 0 Å². The van der Waals surface area contributed by atoms with Crippen LogP contribution in [0.3, 0.4) is 0 Å². The first kappa shape index (κ1) is 9.69. The number of hydrogen-bond donors (Lipinski definition) is 2. The Labute approximate surface area is 85.5 Å². The Hall–Kier alpha value is -0.860. The summed E-state index contributed by atoms with van der Waals surface area (Å²) in [5.74, 6) is 6.65. The lowest BCUT2D eigenvalue weighted by atomic mass is 10.0. The molecule has 0 aliphatic heterocycles. The Morgan fingerprint density at radius 1 is 1.29 bits per heavy atom. The van der Waals surface area contributed by atoms with Gasteiger partial charge in [0.1, 0.15) is 0 Å². The van der Waals surface area contributed by atoms with Crippen molar-refractivity contribution < 1.29 is 0 Å². The van der Waals surface area contributed by atoms with E-state index < -0.39 is 0 Å². The second-order valence-corrected chi connectivity index (χ2v) is 4.44. The lowest BCUT2D eigenvalue weighted by Gasteiger charge is -2.06. The zero-order chi connectivity index (χ0) is 10.1. The van der Waals surface area contributed by atoms with E-state index in [-0.39, 0.29) is 0 Å². The molecular formula is C12H18N2. The molecule has 14 heavy (non-hydrogen) atoms. The Morgan fingerprint density at radius 3 is 2.36 bits per heavy atom. The van der Waals surface area contributed by atoms with E-state index in [2.05, 4.69) is 43.5 Å². The van der Waals surface area contributed by atoms with Gasteiger partial charge >= 0.3 is 0 Å². The van der Waals surface area contributed by atoms with E-state index in [0.29, 0.717) is 17.9 Å². The summed E-state index contributed by atoms with van der Waals surface area (Å²) in [6.45, 7) is 4.44. The third-order valence-corrected chi connectivity index (χ3v) is 3.04. The zero-order valence-electron chi connectivity index (χ0n) is 8.83. The van der Waals surface area contributed by atoms with Crippen LogP contribution in [0.4, 0.5) is 0 Å². The van der Waals surface area contributed by atoms with E-state index in [4.69, 9.17) is 5.84 Å². The molecule has 0 heterocycles. The van der Waals surface area contributed by atoms with Gasteiger partial charge in [-0.15, -0.1) is 0 Å². The fraction of sp³-hybridized carbons (Fsp3) is 0.500. The molecule has 0 bridgehead atoms. The van der Waals surface area contributed by atoms with Gasteiger partial charge in [0.05, 0.1) is 0 Å². The van der Waals surface area contributed by atoms with Crippen molar-refractivity contribution in [3.05, 3.63) is 35.4 Å². The zero-order valence-corrected chi connectivity index (χ0v) is 8.83. The molecule has 1 aromatic carbocycles. The highest BCUT2D eigenvalue weighted by atomic mass is 15.3. The van der Waals surface area contributed by atoms with E-state index in [1.54, 1.807) is 0 Å². The quantitative estimate of drug-likeness (QED) is 0.566. The maximum atomic E-state index is 5.39. The minimum absolute atomic E-state index is 0.500. The van der Waals surface area contributed by atoms with Crippen molar-refractivity contribution in [3.8, 4) is 0 Å². The van der Waals surface area contributed by atoms with E-state index in [1.807, 2.05) is 0 Å². The normalized spacial score (nSPS) is 25.4. The largest absolute Gasteiger partial charge is 0.271 e. The minimum atomic E-state index is 0.500. The molecule has 1 aliphatic carbocycles. The van der Waals surface area contributed by atoms with Gasteiger partial charge in [-0.05, 0) is 23.5 Å². The second-order valence-electron chi connectivity index (χ2n) is 4.44. The molecule has 0 saturated heterocycles. The maximum absolute atomic E-state index is 5.39. The molecule has 2 nitrogen and oxygen atoms in total. The van der Waals surface area contributed by atoms with Gasteiger partial charge in [0.15, 0.2) is 0 Å². The first-order chi connectivity index (χ1) is 6.72. The van der Waals surface area contributed by atoms with Crippen LogP contribution >= 0.6 is 0 Å². The monoisotopic (exact) mass is 190 g/mol. The van der Waals surface area contributed by atoms with Gasteiger partial charge in [0.25, 0.3) is 0 Å². The molecule has 1 saturated carbocycles. The molecule has 3 N–H and O–H groups in total. The van der Waals surface area contributed by atoms with Crippen molar-refractivity contribution >= 4 is 0 Å². The SMILES string of the molecule is CC(C)c1ccc([C@H]2C[C@H]2NN)cc1. The minimum Gasteiger partial charge on any atom is -0.271 e. The topological polar surface area (TPSA) is 38.0 Å². The van der Waals surface area contributed by atoms with E-state index in [9.17, 15) is 0 Å². The molecule has 1 aliphatic rings. The Kier molecular flexibility index (Phi) is 2.57. The number of nitrogens with two attached hydrogens (primary N) is 1. The molecule has 1 fully saturated rings. The molecule has 1 aromatic rings. The van der Waals surface area contributed by atoms with Crippen LogP contribution in [0.25, 0.3) is 0 Å². The lowest BCUT2D eigenvalue weighted by molar-refractivity contribution is 0.715. The van der Waals surface area contributed by atoms with Crippen LogP contribution in [0.15, 0.2) is 24.3 Å². The van der Waals surface area contributed by atoms with Gasteiger partial charge in [-0.3, -0.25) is 11.3 Å². The van der Waals surface area contributed by atoms with Crippen LogP contribution in [0.2, 0.25) is 0 Å². The number of hydrogen-bond acceptors (Lipinski definition) is 2. The van der Waals surface area contributed by atoms with Crippen molar-refractivity contribution in [2.75, 3.05) is 0 Å². The average Bonchev–Trinajstić information content (AvgIpc) is 2.97. The molecule has 2 atom stereocenters. The smallest absolute Gasteiger partial charge is 0.0286 e. The molecule has 0 unspecified atom stereocenters. The van der Waals surface area contributed by atoms with Crippen LogP contribution in [0.1, 0.15) is 43.2 Å². The second kappa shape index (κ2) is 3.71. The summed E-state index contributed by atoms with van der Waals surface area (Å²) in [6.07, 6.45) is 1.18. The number of hydrazine groups is 1. The maximum Gasteiger partial charge on any atom is 0.0286 e. The predicted molar refractivity (Wildman–Crippen MR) is 59.0 cm³/mol. The third kappa shape index (κ3) is 1.81. The van der Waals surface area contributed by atoms with Gasteiger partial charge in [0, 0.05) is 12.0 Å². The summed E-state index contributed by atoms with van der Waals surface area (Å²) in [4.78, 5) is 0. The van der Waals surface area contributed by atoms with Crippen LogP contribution in [-0.2, 0) is 0 Å². The number of benzene rings is 1. The van der Waals surface area contributed by atoms with Gasteiger partial charge in [-0.2, -0.15) is 0 Å². The van der Waals surface area contributed by atoms with Crippen molar-refractivity contribution in [2.24, 2.45) is 5.84 Å². The average molecular weight is 190 g/mol. The van der Waals surface area contributed by atoms with Crippen molar-refractivity contribution in [2.45, 2.75) is 38.1 Å². The summed E-state index contributed by atoms with van der Waals surface area (Å²) >= 11 is 0. The Balaban J connectivity index is 2.08. The molecule has 2 rings (SSSR count). The molecule has 0 aromatic heterocycles. The molecule has 76 valence electrons. The first-order valence-corrected chi connectivity index (χ1v) is 5.28. The highest BCUT2D eigenvalue weighted by molar-refractivity contribution is 5.31. The van der Waals surface area contributed by atoms with Crippen LogP contribution in [-0.4, -0.2) is 6.04 Å². The lowest BCUT2D eigenvalue weighted by Crippen LogP contribution is -2.25. The standard InChI is InChI=1S/C12H18N2/c1-8(2)9-3-5-10(6-4-9)11-7-12(11)14-13/h3-6,8,11-12,14H,7,13H2,1-2H3/t11-,12-/m1/s1. The fourth-order valence-electron chi connectivity index (χ4n) is 1.88. The molecule has 0 spiro atoms. The number of rotatable bonds is 3. The Bertz CT molecular complexity index is 303. The summed E-state index contributed by atoms with van der Waals surface area (Å²) in [5, 5.41) is 0. The van der Waals surface area contributed by atoms with Crippen LogP contribution in [0, 0.1) is 0 Å². The van der Waals surface area contributed by atoms with Crippen molar-refractivity contribution in [1.82, 2.24) is 5.43 Å². The molecule has 0 amide bonds. The fourth-order valence-corrected chi connectivity index (χ4v) is 1.88. The van der Waals surface area contributed by atoms with Crippen LogP contribution < -0.4 is 11.3 Å². The van der Waals surface area contributed by atoms with E-state index in [0.717, 1.165) is 0 Å². The van der Waals surface area contributed by atoms with Gasteiger partial charge in [-0.1, -0.05) is 38.1 Å². The summed E-state index contributed by atoms with van der Waals surface area (Å²) < 4.78 is 0. The first-order valence-electron chi connectivity index (χ1n) is 5.28. The van der Waals surface area contributed by atoms with Crippen molar-refractivity contribution in [1.29, 1.82) is 0 Å². The predicted octanol–water partition coefficient (Wildman–Crippen LogP) is 2.13. The number of nitrogens with one attached hydrogen (secondary N) is 1. The molecular weight excluding hydrogens is 172 g/mol. The Morgan fingerprint density at radius 2 is 1.93 bits per heavy atom. The molecule has 2 heteroatoms. The van der Waals surface area contributed by atoms with Crippen molar-refractivity contribution in [3.63, 3.8) is 0 Å². The third-order valence-electron chi connectivity index (χ3n) is 3.04. The van der Waals surface area contributed by atoms with Crippen LogP contribution in [0.5, 0.6) is 0 Å². The van der Waals surface area contributed by atoms with Gasteiger partial charge < -0.3 is 0 Å².